The molecule has 0 amide bonds. The summed E-state index contributed by atoms with van der Waals surface area (Å²) in [5, 5.41) is 4.01. The Balaban J connectivity index is 1.77. The number of rotatable bonds is 9. The number of nitrogens with zero attached hydrogens (tertiary/aromatic N) is 1. The first-order valence-electron chi connectivity index (χ1n) is 6.61. The quantitative estimate of drug-likeness (QED) is 0.521. The second-order valence-corrected chi connectivity index (χ2v) is 4.47. The molecule has 0 N–H and O–H groups in total. The summed E-state index contributed by atoms with van der Waals surface area (Å²) in [5.41, 5.74) is 1.28. The fourth-order valence-corrected chi connectivity index (χ4v) is 1.98. The van der Waals surface area contributed by atoms with Gasteiger partial charge in [0.15, 0.2) is 0 Å². The van der Waals surface area contributed by atoms with Gasteiger partial charge in [-0.25, -0.2) is 0 Å². The molecule has 0 fully saturated rings. The van der Waals surface area contributed by atoms with Gasteiger partial charge in [0, 0.05) is 6.42 Å². The number of unbranched alkanes of at least 4 members (excludes halogenated alkanes) is 7. The van der Waals surface area contributed by atoms with Gasteiger partial charge in [0.2, 0.25) is 0 Å². The van der Waals surface area contributed by atoms with Crippen molar-refractivity contribution in [3.8, 4) is 0 Å². The van der Waals surface area contributed by atoms with Crippen molar-refractivity contribution in [2.24, 2.45) is 5.16 Å². The van der Waals surface area contributed by atoms with E-state index in [1.807, 2.05) is 0 Å². The van der Waals surface area contributed by atoms with Crippen LogP contribution in [-0.2, 0) is 4.84 Å². The lowest BCUT2D eigenvalue weighted by atomic mass is 10.1. The molecule has 0 saturated heterocycles. The lowest BCUT2D eigenvalue weighted by Gasteiger charge is -2.00. The summed E-state index contributed by atoms with van der Waals surface area (Å²) in [6.07, 6.45) is 13.3. The van der Waals surface area contributed by atoms with E-state index in [2.05, 4.69) is 12.1 Å². The Morgan fingerprint density at radius 3 is 2.27 bits per heavy atom. The lowest BCUT2D eigenvalue weighted by Crippen LogP contribution is -1.94. The number of oxime groups is 1. The van der Waals surface area contributed by atoms with Gasteiger partial charge in [-0.15, -0.1) is 0 Å². The minimum atomic E-state index is 0.812. The Kier molecular flexibility index (Phi) is 7.32. The molecule has 2 nitrogen and oxygen atoms in total. The van der Waals surface area contributed by atoms with Crippen LogP contribution in [0.5, 0.6) is 0 Å². The third-order valence-electron chi connectivity index (χ3n) is 2.99. The van der Waals surface area contributed by atoms with Crippen molar-refractivity contribution in [2.75, 3.05) is 6.61 Å². The van der Waals surface area contributed by atoms with Gasteiger partial charge in [-0.1, -0.05) is 57.0 Å². The molecule has 0 aliphatic carbocycles. The minimum absolute atomic E-state index is 0.812. The molecule has 2 heteroatoms. The van der Waals surface area contributed by atoms with Crippen molar-refractivity contribution in [3.05, 3.63) is 0 Å². The molecule has 88 valence electrons. The molecule has 1 aliphatic heterocycles. The fraction of sp³-hybridized carbons (Fsp3) is 0.923. The molecule has 1 rings (SSSR count). The van der Waals surface area contributed by atoms with Crippen LogP contribution < -0.4 is 0 Å². The molecule has 0 saturated carbocycles. The number of hydrogen-bond acceptors (Lipinski definition) is 2. The molecule has 0 aromatic heterocycles. The third-order valence-corrected chi connectivity index (χ3v) is 2.99. The standard InChI is InChI=1S/C13H25NO/c1-2-3-4-5-6-7-8-9-10-13-11-12-15-14-13/h2-12H2,1H3. The normalized spacial score (nSPS) is 15.1. The topological polar surface area (TPSA) is 21.6 Å². The van der Waals surface area contributed by atoms with Gasteiger partial charge in [-0.2, -0.15) is 0 Å². The highest BCUT2D eigenvalue weighted by Crippen LogP contribution is 2.12. The SMILES string of the molecule is CCCCCCCCCCC1=NOCC1. The summed E-state index contributed by atoms with van der Waals surface area (Å²) in [4.78, 5) is 4.97. The van der Waals surface area contributed by atoms with Gasteiger partial charge in [0.05, 0.1) is 5.71 Å². The first-order valence-corrected chi connectivity index (χ1v) is 6.61. The highest BCUT2D eigenvalue weighted by molar-refractivity contribution is 5.84. The molecule has 0 aromatic carbocycles. The van der Waals surface area contributed by atoms with Crippen molar-refractivity contribution in [2.45, 2.75) is 71.1 Å². The largest absolute Gasteiger partial charge is 0.395 e. The van der Waals surface area contributed by atoms with Crippen LogP contribution in [0, 0.1) is 0 Å². The molecule has 0 atom stereocenters. The average molecular weight is 211 g/mol. The minimum Gasteiger partial charge on any atom is -0.395 e. The van der Waals surface area contributed by atoms with E-state index in [0.717, 1.165) is 19.4 Å². The van der Waals surface area contributed by atoms with Gasteiger partial charge in [0.1, 0.15) is 6.61 Å². The predicted molar refractivity (Wildman–Crippen MR) is 65.2 cm³/mol. The van der Waals surface area contributed by atoms with Crippen molar-refractivity contribution < 1.29 is 4.84 Å². The molecule has 0 unspecified atom stereocenters. The van der Waals surface area contributed by atoms with Crippen LogP contribution in [0.15, 0.2) is 5.16 Å². The molecule has 0 radical (unpaired) electrons. The molecular weight excluding hydrogens is 186 g/mol. The second kappa shape index (κ2) is 8.75. The van der Waals surface area contributed by atoms with Crippen molar-refractivity contribution in [3.63, 3.8) is 0 Å². The molecule has 15 heavy (non-hydrogen) atoms. The highest BCUT2D eigenvalue weighted by Gasteiger charge is 2.06. The zero-order valence-electron chi connectivity index (χ0n) is 10.1. The van der Waals surface area contributed by atoms with Crippen molar-refractivity contribution >= 4 is 5.71 Å². The summed E-state index contributed by atoms with van der Waals surface area (Å²) in [6.45, 7) is 3.08. The second-order valence-electron chi connectivity index (χ2n) is 4.47. The van der Waals surface area contributed by atoms with Crippen LogP contribution in [0.3, 0.4) is 0 Å². The maximum absolute atomic E-state index is 4.97. The Morgan fingerprint density at radius 1 is 1.00 bits per heavy atom. The Labute approximate surface area is 94.1 Å². The predicted octanol–water partition coefficient (Wildman–Crippen LogP) is 4.29. The summed E-state index contributed by atoms with van der Waals surface area (Å²) in [5.74, 6) is 0. The summed E-state index contributed by atoms with van der Waals surface area (Å²) in [6, 6.07) is 0. The number of hydrogen-bond donors (Lipinski definition) is 0. The van der Waals surface area contributed by atoms with Gasteiger partial charge in [0.25, 0.3) is 0 Å². The summed E-state index contributed by atoms with van der Waals surface area (Å²) < 4.78 is 0. The monoisotopic (exact) mass is 211 g/mol. The third kappa shape index (κ3) is 6.53. The van der Waals surface area contributed by atoms with Crippen LogP contribution in [0.2, 0.25) is 0 Å². The van der Waals surface area contributed by atoms with E-state index in [0.29, 0.717) is 0 Å². The first-order chi connectivity index (χ1) is 7.43. The van der Waals surface area contributed by atoms with Gasteiger partial charge < -0.3 is 4.84 Å². The fourth-order valence-electron chi connectivity index (χ4n) is 1.98. The van der Waals surface area contributed by atoms with Crippen LogP contribution in [-0.4, -0.2) is 12.3 Å². The van der Waals surface area contributed by atoms with Crippen LogP contribution in [0.25, 0.3) is 0 Å². The van der Waals surface area contributed by atoms with E-state index in [-0.39, 0.29) is 0 Å². The highest BCUT2D eigenvalue weighted by atomic mass is 16.6. The van der Waals surface area contributed by atoms with Crippen molar-refractivity contribution in [1.82, 2.24) is 0 Å². The maximum atomic E-state index is 4.97. The Morgan fingerprint density at radius 2 is 1.67 bits per heavy atom. The Bertz CT molecular complexity index is 177. The zero-order valence-corrected chi connectivity index (χ0v) is 10.1. The van der Waals surface area contributed by atoms with Crippen LogP contribution >= 0.6 is 0 Å². The summed E-state index contributed by atoms with van der Waals surface area (Å²) >= 11 is 0. The molecule has 1 heterocycles. The molecular formula is C13H25NO. The van der Waals surface area contributed by atoms with E-state index in [1.54, 1.807) is 0 Å². The van der Waals surface area contributed by atoms with Gasteiger partial charge in [-0.05, 0) is 12.8 Å². The van der Waals surface area contributed by atoms with E-state index in [4.69, 9.17) is 4.84 Å². The smallest absolute Gasteiger partial charge is 0.122 e. The van der Waals surface area contributed by atoms with Gasteiger partial charge >= 0.3 is 0 Å². The first kappa shape index (κ1) is 12.5. The Hall–Kier alpha value is -0.530. The summed E-state index contributed by atoms with van der Waals surface area (Å²) in [7, 11) is 0. The van der Waals surface area contributed by atoms with Crippen LogP contribution in [0.1, 0.15) is 71.1 Å². The van der Waals surface area contributed by atoms with E-state index in [9.17, 15) is 0 Å². The lowest BCUT2D eigenvalue weighted by molar-refractivity contribution is 0.173. The molecule has 0 bridgehead atoms. The van der Waals surface area contributed by atoms with E-state index < -0.39 is 0 Å². The molecule has 0 spiro atoms. The average Bonchev–Trinajstić information content (AvgIpc) is 2.75. The van der Waals surface area contributed by atoms with Gasteiger partial charge in [-0.3, -0.25) is 0 Å². The zero-order chi connectivity index (χ0) is 10.8. The van der Waals surface area contributed by atoms with E-state index in [1.165, 1.54) is 57.1 Å². The van der Waals surface area contributed by atoms with Crippen LogP contribution in [0.4, 0.5) is 0 Å². The molecule has 1 aliphatic rings. The maximum Gasteiger partial charge on any atom is 0.122 e. The molecule has 0 aromatic rings. The van der Waals surface area contributed by atoms with Crippen molar-refractivity contribution in [1.29, 1.82) is 0 Å². The van der Waals surface area contributed by atoms with E-state index >= 15 is 0 Å².